The number of nitrogens with one attached hydrogen (secondary N) is 1. The topological polar surface area (TPSA) is 82.2 Å². The Morgan fingerprint density at radius 2 is 1.82 bits per heavy atom. The molecule has 0 saturated carbocycles. The number of nitrogens with zero attached hydrogens (tertiary/aromatic N) is 3. The monoisotopic (exact) mass is 540 g/mol. The molecule has 0 saturated heterocycles. The smallest absolute Gasteiger partial charge is 0.230 e. The molecule has 1 N–H and O–H groups in total. The van der Waals surface area contributed by atoms with Crippen LogP contribution < -0.4 is 10.1 Å². The second-order valence-electron chi connectivity index (χ2n) is 10.9. The van der Waals surface area contributed by atoms with Gasteiger partial charge in [0.1, 0.15) is 5.75 Å². The van der Waals surface area contributed by atoms with Crippen molar-refractivity contribution >= 4 is 17.7 Å². The zero-order valence-electron chi connectivity index (χ0n) is 24.1. The molecular weight excluding hydrogens is 496 g/mol. The van der Waals surface area contributed by atoms with Gasteiger partial charge in [0.15, 0.2) is 16.7 Å². The lowest BCUT2D eigenvalue weighted by atomic mass is 9.76. The minimum absolute atomic E-state index is 0.0118. The summed E-state index contributed by atoms with van der Waals surface area (Å²) in [6.07, 6.45) is 5.48. The molecule has 0 aliphatic carbocycles. The quantitative estimate of drug-likeness (QED) is 0.165. The molecule has 0 aliphatic heterocycles. The van der Waals surface area contributed by atoms with Crippen molar-refractivity contribution in [3.05, 3.63) is 47.7 Å². The van der Waals surface area contributed by atoms with E-state index < -0.39 is 0 Å². The summed E-state index contributed by atoms with van der Waals surface area (Å²) in [6.45, 7) is 17.6. The fourth-order valence-corrected chi connectivity index (χ4v) is 4.92. The Bertz CT molecular complexity index is 1170. The Morgan fingerprint density at radius 3 is 2.47 bits per heavy atom. The maximum Gasteiger partial charge on any atom is 0.230 e. The van der Waals surface area contributed by atoms with Crippen LogP contribution in [0.5, 0.6) is 5.75 Å². The van der Waals surface area contributed by atoms with Gasteiger partial charge in [0.25, 0.3) is 0 Å². The van der Waals surface area contributed by atoms with Crippen LogP contribution in [0, 0.1) is 0 Å². The van der Waals surface area contributed by atoms with Crippen molar-refractivity contribution in [2.45, 2.75) is 96.7 Å². The number of hydrogen-bond donors (Lipinski definition) is 1. The molecule has 0 atom stereocenters. The number of hydrogen-bond acceptors (Lipinski definition) is 6. The number of unbranched alkanes of at least 4 members (excludes halogenated alkanes) is 1. The third-order valence-electron chi connectivity index (χ3n) is 7.52. The van der Waals surface area contributed by atoms with Gasteiger partial charge in [-0.3, -0.25) is 9.36 Å². The Labute approximate surface area is 232 Å². The lowest BCUT2D eigenvalue weighted by Gasteiger charge is -2.30. The normalized spacial score (nSPS) is 12.1. The predicted octanol–water partition coefficient (Wildman–Crippen LogP) is 7.00. The molecule has 3 rings (SSSR count). The number of aromatic nitrogens is 3. The Morgan fingerprint density at radius 1 is 1.05 bits per heavy atom. The Hall–Kier alpha value is -2.74. The van der Waals surface area contributed by atoms with Gasteiger partial charge in [0.05, 0.1) is 18.6 Å². The largest absolute Gasteiger partial charge is 0.493 e. The van der Waals surface area contributed by atoms with E-state index in [0.717, 1.165) is 31.4 Å². The summed E-state index contributed by atoms with van der Waals surface area (Å²) < 4.78 is 13.7. The van der Waals surface area contributed by atoms with Crippen LogP contribution in [0.4, 0.5) is 0 Å². The van der Waals surface area contributed by atoms with E-state index in [1.165, 1.54) is 22.9 Å². The molecule has 0 bridgehead atoms. The first-order chi connectivity index (χ1) is 18.1. The van der Waals surface area contributed by atoms with Gasteiger partial charge < -0.3 is 14.5 Å². The first kappa shape index (κ1) is 29.8. The van der Waals surface area contributed by atoms with E-state index in [-0.39, 0.29) is 16.7 Å². The number of thioether (sulfide) groups is 1. The first-order valence-electron chi connectivity index (χ1n) is 13.8. The van der Waals surface area contributed by atoms with E-state index in [9.17, 15) is 4.79 Å². The fourth-order valence-electron chi connectivity index (χ4n) is 4.09. The summed E-state index contributed by atoms with van der Waals surface area (Å²) >= 11 is 1.38. The van der Waals surface area contributed by atoms with E-state index in [4.69, 9.17) is 9.15 Å². The number of carbonyl (C=O) groups is 1. The number of amides is 1. The summed E-state index contributed by atoms with van der Waals surface area (Å²) in [6, 6.07) is 10.4. The molecule has 0 spiro atoms. The fraction of sp³-hybridized carbons (Fsp3) is 0.567. The summed E-state index contributed by atoms with van der Waals surface area (Å²) in [4.78, 5) is 12.4. The zero-order chi connectivity index (χ0) is 27.8. The molecule has 208 valence electrons. The average molecular weight is 541 g/mol. The highest BCUT2D eigenvalue weighted by atomic mass is 32.2. The standard InChI is InChI=1S/C30H44N4O3S/c1-8-29(4,5)22-15-16-24(23(20-22)30(6,7)9-2)36-18-12-11-17-31-26(35)21-38-28-33-32-27(34(28)10-3)25-14-13-19-37-25/h13-16,19-20H,8-12,17-18,21H2,1-7H3,(H,31,35). The van der Waals surface area contributed by atoms with Gasteiger partial charge in [0, 0.05) is 18.7 Å². The SMILES string of the molecule is CCn1c(SCC(=O)NCCCCOc2ccc(C(C)(C)CC)cc2C(C)(C)CC)nnc1-c1ccco1. The number of benzene rings is 1. The third kappa shape index (κ3) is 7.43. The van der Waals surface area contributed by atoms with Crippen LogP contribution in [0.25, 0.3) is 11.6 Å². The molecule has 0 fully saturated rings. The highest BCUT2D eigenvalue weighted by molar-refractivity contribution is 7.99. The molecule has 3 aromatic rings. The summed E-state index contributed by atoms with van der Waals surface area (Å²) in [7, 11) is 0. The lowest BCUT2D eigenvalue weighted by molar-refractivity contribution is -0.118. The molecule has 2 aromatic heterocycles. The molecule has 2 heterocycles. The molecular formula is C30H44N4O3S. The number of rotatable bonds is 15. The van der Waals surface area contributed by atoms with Crippen molar-refractivity contribution in [1.82, 2.24) is 20.1 Å². The molecule has 0 radical (unpaired) electrons. The van der Waals surface area contributed by atoms with Crippen molar-refractivity contribution in [2.24, 2.45) is 0 Å². The predicted molar refractivity (Wildman–Crippen MR) is 155 cm³/mol. The van der Waals surface area contributed by atoms with Gasteiger partial charge in [-0.15, -0.1) is 10.2 Å². The highest BCUT2D eigenvalue weighted by Crippen LogP contribution is 2.38. The van der Waals surface area contributed by atoms with E-state index in [1.807, 2.05) is 23.6 Å². The Kier molecular flexibility index (Phi) is 10.5. The van der Waals surface area contributed by atoms with Gasteiger partial charge in [-0.25, -0.2) is 0 Å². The maximum absolute atomic E-state index is 12.4. The number of furan rings is 1. The molecule has 7 nitrogen and oxygen atoms in total. The molecule has 8 heteroatoms. The van der Waals surface area contributed by atoms with Gasteiger partial charge >= 0.3 is 0 Å². The zero-order valence-corrected chi connectivity index (χ0v) is 24.9. The van der Waals surface area contributed by atoms with Crippen molar-refractivity contribution in [1.29, 1.82) is 0 Å². The Balaban J connectivity index is 1.44. The minimum atomic E-state index is -0.0118. The van der Waals surface area contributed by atoms with Crippen LogP contribution in [-0.2, 0) is 22.2 Å². The van der Waals surface area contributed by atoms with E-state index in [0.29, 0.717) is 42.2 Å². The summed E-state index contributed by atoms with van der Waals surface area (Å²) in [5, 5.41) is 12.2. The van der Waals surface area contributed by atoms with E-state index in [2.05, 4.69) is 75.3 Å². The lowest BCUT2D eigenvalue weighted by Crippen LogP contribution is -2.26. The summed E-state index contributed by atoms with van der Waals surface area (Å²) in [5.74, 6) is 2.60. The first-order valence-corrected chi connectivity index (χ1v) is 14.8. The third-order valence-corrected chi connectivity index (χ3v) is 8.48. The van der Waals surface area contributed by atoms with Gasteiger partial charge in [-0.1, -0.05) is 65.4 Å². The van der Waals surface area contributed by atoms with Gasteiger partial charge in [0.2, 0.25) is 5.91 Å². The van der Waals surface area contributed by atoms with E-state index >= 15 is 0 Å². The molecule has 1 aromatic carbocycles. The maximum atomic E-state index is 12.4. The van der Waals surface area contributed by atoms with Crippen molar-refractivity contribution in [3.8, 4) is 17.3 Å². The van der Waals surface area contributed by atoms with E-state index in [1.54, 1.807) is 6.26 Å². The van der Waals surface area contributed by atoms with Crippen LogP contribution in [0.2, 0.25) is 0 Å². The molecule has 0 aliphatic rings. The summed E-state index contributed by atoms with van der Waals surface area (Å²) in [5.41, 5.74) is 2.82. The molecule has 1 amide bonds. The molecule has 0 unspecified atom stereocenters. The van der Waals surface area contributed by atoms with Crippen LogP contribution >= 0.6 is 11.8 Å². The number of carbonyl (C=O) groups excluding carboxylic acids is 1. The number of ether oxygens (including phenoxy) is 1. The van der Waals surface area contributed by atoms with Crippen LogP contribution in [0.3, 0.4) is 0 Å². The van der Waals surface area contributed by atoms with Crippen molar-refractivity contribution in [2.75, 3.05) is 18.9 Å². The van der Waals surface area contributed by atoms with Gasteiger partial charge in [-0.05, 0) is 67.2 Å². The van der Waals surface area contributed by atoms with Gasteiger partial charge in [-0.2, -0.15) is 0 Å². The van der Waals surface area contributed by atoms with Crippen molar-refractivity contribution in [3.63, 3.8) is 0 Å². The average Bonchev–Trinajstić information content (AvgIpc) is 3.59. The second kappa shape index (κ2) is 13.4. The second-order valence-corrected chi connectivity index (χ2v) is 11.9. The van der Waals surface area contributed by atoms with Crippen LogP contribution in [0.1, 0.15) is 85.3 Å². The van der Waals surface area contributed by atoms with Crippen molar-refractivity contribution < 1.29 is 13.9 Å². The highest BCUT2D eigenvalue weighted by Gasteiger charge is 2.26. The minimum Gasteiger partial charge on any atom is -0.493 e. The molecule has 38 heavy (non-hydrogen) atoms. The van der Waals surface area contributed by atoms with Crippen LogP contribution in [-0.4, -0.2) is 39.6 Å². The van der Waals surface area contributed by atoms with Crippen LogP contribution in [0.15, 0.2) is 46.2 Å².